The Labute approximate surface area is 220 Å². The molecule has 0 amide bonds. The molecule has 0 radical (unpaired) electrons. The summed E-state index contributed by atoms with van der Waals surface area (Å²) in [6.45, 7) is 14.8. The standard InChI is InChI=1S/C32H45BO2Si/c1-21(16-31(2,3)4)20-36(5,6)25-14-27-26-9-7-8-10-29(26)33(34)35-30(27)28(15-25)32-17-22-11-23(18-32)13-24(12-22)19-32/h7-10,14-15,21-24,34H,11-13,16-20H2,1-6H3. The molecule has 1 aliphatic heterocycles. The van der Waals surface area contributed by atoms with Gasteiger partial charge in [-0.25, -0.2) is 0 Å². The summed E-state index contributed by atoms with van der Waals surface area (Å²) >= 11 is 0. The van der Waals surface area contributed by atoms with Gasteiger partial charge in [0.15, 0.2) is 0 Å². The molecule has 1 heterocycles. The minimum Gasteiger partial charge on any atom is -0.532 e. The van der Waals surface area contributed by atoms with Crippen molar-refractivity contribution < 1.29 is 9.68 Å². The normalized spacial score (nSPS) is 29.5. The minimum absolute atomic E-state index is 0.238. The zero-order valence-corrected chi connectivity index (χ0v) is 24.4. The molecule has 1 atom stereocenters. The van der Waals surface area contributed by atoms with Crippen molar-refractivity contribution in [2.75, 3.05) is 0 Å². The molecule has 36 heavy (non-hydrogen) atoms. The van der Waals surface area contributed by atoms with Crippen LogP contribution >= 0.6 is 0 Å². The first kappa shape index (κ1) is 24.8. The van der Waals surface area contributed by atoms with E-state index in [2.05, 4.69) is 65.1 Å². The number of benzene rings is 2. The van der Waals surface area contributed by atoms with Crippen molar-refractivity contribution in [1.29, 1.82) is 0 Å². The molecular formula is C32H45BO2Si. The van der Waals surface area contributed by atoms with Crippen LogP contribution in [0.2, 0.25) is 19.1 Å². The lowest BCUT2D eigenvalue weighted by Gasteiger charge is -2.57. The van der Waals surface area contributed by atoms with Gasteiger partial charge in [-0.15, -0.1) is 0 Å². The van der Waals surface area contributed by atoms with E-state index in [0.29, 0.717) is 5.41 Å². The number of hydrogen-bond acceptors (Lipinski definition) is 2. The first-order valence-electron chi connectivity index (χ1n) is 14.6. The largest absolute Gasteiger partial charge is 0.560 e. The number of rotatable bonds is 5. The van der Waals surface area contributed by atoms with Gasteiger partial charge in [0.25, 0.3) is 0 Å². The summed E-state index contributed by atoms with van der Waals surface area (Å²) in [5.41, 5.74) is 5.38. The third-order valence-electron chi connectivity index (χ3n) is 10.0. The van der Waals surface area contributed by atoms with Crippen molar-refractivity contribution >= 4 is 25.8 Å². The highest BCUT2D eigenvalue weighted by Gasteiger charge is 2.53. The molecule has 4 bridgehead atoms. The van der Waals surface area contributed by atoms with Gasteiger partial charge in [0.1, 0.15) is 5.75 Å². The molecule has 4 saturated carbocycles. The molecule has 1 N–H and O–H groups in total. The molecule has 2 aromatic rings. The smallest absolute Gasteiger partial charge is 0.532 e. The Bertz CT molecular complexity index is 1130. The van der Waals surface area contributed by atoms with Gasteiger partial charge >= 0.3 is 7.12 Å². The van der Waals surface area contributed by atoms with E-state index in [9.17, 15) is 5.02 Å². The Kier molecular flexibility index (Phi) is 5.85. The van der Waals surface area contributed by atoms with Crippen molar-refractivity contribution in [2.24, 2.45) is 29.1 Å². The lowest BCUT2D eigenvalue weighted by atomic mass is 9.47. The average Bonchev–Trinajstić information content (AvgIpc) is 2.76. The van der Waals surface area contributed by atoms with Crippen molar-refractivity contribution in [3.05, 3.63) is 42.0 Å². The maximum Gasteiger partial charge on any atom is 0.560 e. The van der Waals surface area contributed by atoms with Crippen LogP contribution in [0.4, 0.5) is 0 Å². The minimum atomic E-state index is -1.70. The quantitative estimate of drug-likeness (QED) is 0.453. The van der Waals surface area contributed by atoms with Crippen LogP contribution in [0.3, 0.4) is 0 Å². The van der Waals surface area contributed by atoms with E-state index in [1.165, 1.54) is 67.7 Å². The average molecular weight is 501 g/mol. The summed E-state index contributed by atoms with van der Waals surface area (Å²) in [6.07, 6.45) is 9.55. The third-order valence-corrected chi connectivity index (χ3v) is 13.6. The molecular weight excluding hydrogens is 455 g/mol. The predicted octanol–water partition coefficient (Wildman–Crippen LogP) is 6.89. The maximum atomic E-state index is 11.1. The lowest BCUT2D eigenvalue weighted by molar-refractivity contribution is -0.00581. The summed E-state index contributed by atoms with van der Waals surface area (Å²) in [5, 5.41) is 12.6. The van der Waals surface area contributed by atoms with Crippen LogP contribution in [0, 0.1) is 29.1 Å². The first-order valence-corrected chi connectivity index (χ1v) is 17.8. The Balaban J connectivity index is 1.49. The zero-order valence-electron chi connectivity index (χ0n) is 23.4. The summed E-state index contributed by atoms with van der Waals surface area (Å²) in [6, 6.07) is 14.8. The summed E-state index contributed by atoms with van der Waals surface area (Å²) in [7, 11) is -2.57. The van der Waals surface area contributed by atoms with Crippen molar-refractivity contribution in [3.63, 3.8) is 0 Å². The molecule has 2 aromatic carbocycles. The maximum absolute atomic E-state index is 11.1. The Morgan fingerprint density at radius 3 is 2.22 bits per heavy atom. The highest BCUT2D eigenvalue weighted by atomic mass is 28.3. The van der Waals surface area contributed by atoms with Crippen LogP contribution in [-0.2, 0) is 5.41 Å². The highest BCUT2D eigenvalue weighted by Crippen LogP contribution is 2.62. The predicted molar refractivity (Wildman–Crippen MR) is 155 cm³/mol. The fourth-order valence-corrected chi connectivity index (χ4v) is 12.6. The second-order valence-electron chi connectivity index (χ2n) is 15.1. The van der Waals surface area contributed by atoms with Gasteiger partial charge in [0, 0.05) is 11.0 Å². The zero-order chi connectivity index (χ0) is 25.5. The fourth-order valence-electron chi connectivity index (χ4n) is 9.42. The van der Waals surface area contributed by atoms with E-state index in [4.69, 9.17) is 4.65 Å². The van der Waals surface area contributed by atoms with Crippen LogP contribution in [0.25, 0.3) is 11.1 Å². The van der Waals surface area contributed by atoms with Crippen molar-refractivity contribution in [2.45, 2.75) is 97.2 Å². The second-order valence-corrected chi connectivity index (χ2v) is 19.9. The molecule has 4 heteroatoms. The van der Waals surface area contributed by atoms with Crippen LogP contribution in [0.1, 0.15) is 78.2 Å². The second kappa shape index (κ2) is 8.50. The fraction of sp³-hybridized carbons (Fsp3) is 0.625. The molecule has 4 aliphatic carbocycles. The van der Waals surface area contributed by atoms with E-state index in [1.807, 2.05) is 12.1 Å². The number of hydrogen-bond donors (Lipinski definition) is 1. The molecule has 0 spiro atoms. The van der Waals surface area contributed by atoms with Gasteiger partial charge in [-0.05, 0) is 90.6 Å². The van der Waals surface area contributed by atoms with Crippen LogP contribution in [0.15, 0.2) is 36.4 Å². The van der Waals surface area contributed by atoms with Crippen LogP contribution in [0.5, 0.6) is 5.75 Å². The monoisotopic (exact) mass is 500 g/mol. The Hall–Kier alpha value is -1.52. The van der Waals surface area contributed by atoms with E-state index in [0.717, 1.165) is 34.9 Å². The first-order chi connectivity index (χ1) is 16.9. The van der Waals surface area contributed by atoms with Crippen LogP contribution in [-0.4, -0.2) is 20.2 Å². The molecule has 4 fully saturated rings. The molecule has 7 rings (SSSR count). The highest BCUT2D eigenvalue weighted by molar-refractivity contribution is 6.90. The molecule has 5 aliphatic rings. The van der Waals surface area contributed by atoms with Gasteiger partial charge in [-0.1, -0.05) is 88.4 Å². The van der Waals surface area contributed by atoms with Gasteiger partial charge in [-0.2, -0.15) is 0 Å². The lowest BCUT2D eigenvalue weighted by Crippen LogP contribution is -2.51. The van der Waals surface area contributed by atoms with Gasteiger partial charge in [-0.3, -0.25) is 0 Å². The molecule has 2 nitrogen and oxygen atoms in total. The molecule has 192 valence electrons. The molecule has 1 unspecified atom stereocenters. The summed E-state index contributed by atoms with van der Waals surface area (Å²) in [5.74, 6) is 4.37. The topological polar surface area (TPSA) is 29.5 Å². The van der Waals surface area contributed by atoms with Crippen molar-refractivity contribution in [1.82, 2.24) is 0 Å². The Morgan fingerprint density at radius 1 is 1.00 bits per heavy atom. The molecule has 0 saturated heterocycles. The van der Waals surface area contributed by atoms with Crippen molar-refractivity contribution in [3.8, 4) is 16.9 Å². The Morgan fingerprint density at radius 2 is 1.61 bits per heavy atom. The third kappa shape index (κ3) is 4.30. The van der Waals surface area contributed by atoms with Crippen LogP contribution < -0.4 is 15.3 Å². The molecule has 0 aromatic heterocycles. The van der Waals surface area contributed by atoms with E-state index < -0.39 is 15.2 Å². The van der Waals surface area contributed by atoms with E-state index in [-0.39, 0.29) is 5.41 Å². The van der Waals surface area contributed by atoms with Gasteiger partial charge in [0.2, 0.25) is 0 Å². The SMILES string of the molecule is CC(CC(C)(C)C)C[Si](C)(C)c1cc2c(c(C34CC5CC(CC(C5)C3)C4)c1)OB(O)c1ccccc1-2. The summed E-state index contributed by atoms with van der Waals surface area (Å²) in [4.78, 5) is 0. The van der Waals surface area contributed by atoms with E-state index in [1.54, 1.807) is 5.19 Å². The summed E-state index contributed by atoms with van der Waals surface area (Å²) < 4.78 is 6.46. The van der Waals surface area contributed by atoms with Gasteiger partial charge < -0.3 is 9.68 Å². The van der Waals surface area contributed by atoms with E-state index >= 15 is 0 Å². The number of fused-ring (bicyclic) bond motifs is 3. The van der Waals surface area contributed by atoms with Gasteiger partial charge in [0.05, 0.1) is 8.07 Å².